The molecule has 3 rings (SSSR count). The molecule has 0 spiro atoms. The summed E-state index contributed by atoms with van der Waals surface area (Å²) >= 11 is 1.69. The SMILES string of the molecule is CN(C(=O)C1CCNC1)C1=CC2C=CC=NC2S1. The van der Waals surface area contributed by atoms with Gasteiger partial charge in [0, 0.05) is 25.7 Å². The van der Waals surface area contributed by atoms with E-state index >= 15 is 0 Å². The van der Waals surface area contributed by atoms with Crippen molar-refractivity contribution in [3.63, 3.8) is 0 Å². The smallest absolute Gasteiger partial charge is 0.231 e. The van der Waals surface area contributed by atoms with E-state index in [1.165, 1.54) is 0 Å². The predicted molar refractivity (Wildman–Crippen MR) is 74.3 cm³/mol. The van der Waals surface area contributed by atoms with Crippen LogP contribution in [0.1, 0.15) is 6.42 Å². The molecule has 5 heteroatoms. The normalized spacial score (nSPS) is 33.4. The second-order valence-electron chi connectivity index (χ2n) is 4.86. The van der Waals surface area contributed by atoms with E-state index in [1.807, 2.05) is 24.2 Å². The minimum atomic E-state index is 0.137. The first-order valence-corrected chi connectivity index (χ1v) is 7.20. The van der Waals surface area contributed by atoms with E-state index in [0.717, 1.165) is 24.5 Å². The molecule has 3 aliphatic heterocycles. The monoisotopic (exact) mass is 263 g/mol. The number of nitrogens with zero attached hydrogens (tertiary/aromatic N) is 2. The number of thioether (sulfide) groups is 1. The average Bonchev–Trinajstić information content (AvgIpc) is 3.05. The molecule has 0 radical (unpaired) electrons. The first kappa shape index (κ1) is 12.0. The Hall–Kier alpha value is -1.07. The van der Waals surface area contributed by atoms with Gasteiger partial charge in [0.05, 0.1) is 10.9 Å². The molecule has 3 atom stereocenters. The third-order valence-electron chi connectivity index (χ3n) is 3.63. The highest BCUT2D eigenvalue weighted by molar-refractivity contribution is 8.03. The fraction of sp³-hybridized carbons (Fsp3) is 0.538. The Labute approximate surface area is 111 Å². The van der Waals surface area contributed by atoms with Crippen LogP contribution in [0.25, 0.3) is 0 Å². The molecule has 1 N–H and O–H groups in total. The van der Waals surface area contributed by atoms with Crippen molar-refractivity contribution < 1.29 is 4.79 Å². The molecule has 1 amide bonds. The Balaban J connectivity index is 1.69. The summed E-state index contributed by atoms with van der Waals surface area (Å²) in [7, 11) is 1.88. The standard InChI is InChI=1S/C13H17N3OS/c1-16(13(17)10-4-6-14-8-10)11-7-9-3-2-5-15-12(9)18-11/h2-3,5,7,9-10,12,14H,4,6,8H2,1H3. The fourth-order valence-electron chi connectivity index (χ4n) is 2.52. The van der Waals surface area contributed by atoms with Gasteiger partial charge in [0.2, 0.25) is 5.91 Å². The molecule has 18 heavy (non-hydrogen) atoms. The first-order valence-electron chi connectivity index (χ1n) is 6.32. The van der Waals surface area contributed by atoms with Crippen molar-refractivity contribution >= 4 is 23.9 Å². The van der Waals surface area contributed by atoms with Crippen molar-refractivity contribution in [2.75, 3.05) is 20.1 Å². The van der Waals surface area contributed by atoms with Gasteiger partial charge < -0.3 is 10.2 Å². The number of fused-ring (bicyclic) bond motifs is 1. The van der Waals surface area contributed by atoms with Gasteiger partial charge in [-0.25, -0.2) is 0 Å². The van der Waals surface area contributed by atoms with Crippen molar-refractivity contribution in [2.24, 2.45) is 16.8 Å². The van der Waals surface area contributed by atoms with Gasteiger partial charge >= 0.3 is 0 Å². The summed E-state index contributed by atoms with van der Waals surface area (Å²) in [5, 5.41) is 4.51. The summed E-state index contributed by atoms with van der Waals surface area (Å²) in [5.74, 6) is 0.704. The molecule has 0 aliphatic carbocycles. The summed E-state index contributed by atoms with van der Waals surface area (Å²) < 4.78 is 0. The van der Waals surface area contributed by atoms with E-state index in [1.54, 1.807) is 11.8 Å². The van der Waals surface area contributed by atoms with Crippen LogP contribution in [0.3, 0.4) is 0 Å². The van der Waals surface area contributed by atoms with Gasteiger partial charge in [-0.15, -0.1) is 0 Å². The lowest BCUT2D eigenvalue weighted by Crippen LogP contribution is -2.32. The largest absolute Gasteiger partial charge is 0.316 e. The summed E-state index contributed by atoms with van der Waals surface area (Å²) in [6, 6.07) is 0. The minimum Gasteiger partial charge on any atom is -0.316 e. The van der Waals surface area contributed by atoms with Crippen LogP contribution in [0.2, 0.25) is 0 Å². The molecule has 96 valence electrons. The zero-order valence-corrected chi connectivity index (χ0v) is 11.2. The molecule has 0 aromatic heterocycles. The lowest BCUT2D eigenvalue weighted by molar-refractivity contribution is -0.131. The molecule has 0 saturated carbocycles. The molecule has 1 fully saturated rings. The average molecular weight is 263 g/mol. The molecule has 0 aromatic carbocycles. The molecule has 0 bridgehead atoms. The van der Waals surface area contributed by atoms with Gasteiger partial charge in [-0.3, -0.25) is 9.79 Å². The second kappa shape index (κ2) is 4.90. The molecule has 0 aromatic rings. The molecule has 1 saturated heterocycles. The van der Waals surface area contributed by atoms with Crippen LogP contribution in [-0.4, -0.2) is 42.5 Å². The van der Waals surface area contributed by atoms with Gasteiger partial charge in [-0.05, 0) is 25.1 Å². The van der Waals surface area contributed by atoms with Crippen LogP contribution in [0.4, 0.5) is 0 Å². The number of hydrogen-bond acceptors (Lipinski definition) is 4. The quantitative estimate of drug-likeness (QED) is 0.815. The van der Waals surface area contributed by atoms with Gasteiger partial charge in [0.15, 0.2) is 0 Å². The van der Waals surface area contributed by atoms with E-state index < -0.39 is 0 Å². The van der Waals surface area contributed by atoms with Crippen molar-refractivity contribution in [2.45, 2.75) is 11.8 Å². The van der Waals surface area contributed by atoms with Crippen molar-refractivity contribution in [1.82, 2.24) is 10.2 Å². The Bertz CT molecular complexity index is 438. The zero-order chi connectivity index (χ0) is 12.5. The zero-order valence-electron chi connectivity index (χ0n) is 10.4. The van der Waals surface area contributed by atoms with E-state index in [-0.39, 0.29) is 17.2 Å². The number of aliphatic imine (C=N–C) groups is 1. The van der Waals surface area contributed by atoms with Crippen LogP contribution < -0.4 is 5.32 Å². The highest BCUT2D eigenvalue weighted by Crippen LogP contribution is 2.40. The second-order valence-corrected chi connectivity index (χ2v) is 6.00. The number of amides is 1. The van der Waals surface area contributed by atoms with Crippen LogP contribution in [0, 0.1) is 11.8 Å². The maximum absolute atomic E-state index is 12.3. The van der Waals surface area contributed by atoms with E-state index in [0.29, 0.717) is 5.92 Å². The predicted octanol–water partition coefficient (Wildman–Crippen LogP) is 1.23. The van der Waals surface area contributed by atoms with Crippen LogP contribution >= 0.6 is 11.8 Å². The molecule has 4 nitrogen and oxygen atoms in total. The number of dihydropyridines is 1. The number of allylic oxidation sites excluding steroid dienone is 1. The number of rotatable bonds is 2. The topological polar surface area (TPSA) is 44.7 Å². The van der Waals surface area contributed by atoms with Gasteiger partial charge in [-0.2, -0.15) is 0 Å². The maximum atomic E-state index is 12.3. The highest BCUT2D eigenvalue weighted by Gasteiger charge is 2.33. The number of nitrogens with one attached hydrogen (secondary N) is 1. The summed E-state index contributed by atoms with van der Waals surface area (Å²) in [5.41, 5.74) is 0. The molecule has 3 aliphatic rings. The van der Waals surface area contributed by atoms with Crippen LogP contribution in [-0.2, 0) is 4.79 Å². The summed E-state index contributed by atoms with van der Waals surface area (Å²) in [6.07, 6.45) is 9.07. The lowest BCUT2D eigenvalue weighted by Gasteiger charge is -2.21. The van der Waals surface area contributed by atoms with E-state index in [2.05, 4.69) is 22.5 Å². The van der Waals surface area contributed by atoms with Gasteiger partial charge in [0.25, 0.3) is 0 Å². The highest BCUT2D eigenvalue weighted by atomic mass is 32.2. The molecular weight excluding hydrogens is 246 g/mol. The van der Waals surface area contributed by atoms with E-state index in [4.69, 9.17) is 0 Å². The van der Waals surface area contributed by atoms with Gasteiger partial charge in [0.1, 0.15) is 5.37 Å². The molecule has 3 unspecified atom stereocenters. The van der Waals surface area contributed by atoms with Gasteiger partial charge in [-0.1, -0.05) is 17.8 Å². The number of carbonyl (C=O) groups is 1. The number of carbonyl (C=O) groups excluding carboxylic acids is 1. The fourth-order valence-corrected chi connectivity index (χ4v) is 3.71. The summed E-state index contributed by atoms with van der Waals surface area (Å²) in [4.78, 5) is 18.6. The molecular formula is C13H17N3OS. The van der Waals surface area contributed by atoms with Crippen molar-refractivity contribution in [3.8, 4) is 0 Å². The Morgan fingerprint density at radius 3 is 3.22 bits per heavy atom. The summed E-state index contributed by atoms with van der Waals surface area (Å²) in [6.45, 7) is 1.76. The Morgan fingerprint density at radius 2 is 2.50 bits per heavy atom. The van der Waals surface area contributed by atoms with Crippen molar-refractivity contribution in [1.29, 1.82) is 0 Å². The third kappa shape index (κ3) is 2.12. The Kier molecular flexibility index (Phi) is 3.26. The third-order valence-corrected chi connectivity index (χ3v) is 4.96. The first-order chi connectivity index (χ1) is 8.75. The number of hydrogen-bond donors (Lipinski definition) is 1. The minimum absolute atomic E-state index is 0.137. The van der Waals surface area contributed by atoms with Crippen LogP contribution in [0.15, 0.2) is 28.2 Å². The lowest BCUT2D eigenvalue weighted by atomic mass is 10.1. The van der Waals surface area contributed by atoms with E-state index in [9.17, 15) is 4.79 Å². The molecule has 3 heterocycles. The van der Waals surface area contributed by atoms with Crippen LogP contribution in [0.5, 0.6) is 0 Å². The van der Waals surface area contributed by atoms with Crippen molar-refractivity contribution in [3.05, 3.63) is 23.3 Å². The maximum Gasteiger partial charge on any atom is 0.231 e. The Morgan fingerprint density at radius 1 is 1.61 bits per heavy atom.